The number of urea groups is 1. The number of carboxylic acid groups (broad SMARTS) is 1. The van der Waals surface area contributed by atoms with Crippen LogP contribution in [0.3, 0.4) is 0 Å². The van der Waals surface area contributed by atoms with Crippen LogP contribution in [-0.4, -0.2) is 41.3 Å². The van der Waals surface area contributed by atoms with Gasteiger partial charge in [0.1, 0.15) is 17.5 Å². The van der Waals surface area contributed by atoms with Gasteiger partial charge in [0, 0.05) is 17.3 Å². The highest BCUT2D eigenvalue weighted by atomic mass is 16.5. The first-order valence-electron chi connectivity index (χ1n) is 10.1. The number of para-hydroxylation sites is 2. The van der Waals surface area contributed by atoms with E-state index >= 15 is 0 Å². The molecule has 3 rings (SSSR count). The Bertz CT molecular complexity index is 1140. The molecule has 1 atom stereocenters. The number of anilines is 2. The van der Waals surface area contributed by atoms with Crippen molar-refractivity contribution < 1.29 is 28.8 Å². The Balaban J connectivity index is 1.63. The third-order valence-corrected chi connectivity index (χ3v) is 4.75. The van der Waals surface area contributed by atoms with Gasteiger partial charge in [-0.2, -0.15) is 0 Å². The molecule has 1 aromatic heterocycles. The summed E-state index contributed by atoms with van der Waals surface area (Å²) in [4.78, 5) is 35.9. The van der Waals surface area contributed by atoms with Crippen LogP contribution in [0, 0.1) is 5.92 Å². The molecule has 33 heavy (non-hydrogen) atoms. The molecule has 1 heterocycles. The fourth-order valence-electron chi connectivity index (χ4n) is 3.00. The predicted molar refractivity (Wildman–Crippen MR) is 121 cm³/mol. The number of carbonyl (C=O) groups excluding carboxylic acids is 2. The summed E-state index contributed by atoms with van der Waals surface area (Å²) in [5.74, 6) is -1.65. The van der Waals surface area contributed by atoms with E-state index < -0.39 is 23.9 Å². The van der Waals surface area contributed by atoms with Gasteiger partial charge >= 0.3 is 12.0 Å². The first-order chi connectivity index (χ1) is 15.8. The molecule has 0 saturated heterocycles. The van der Waals surface area contributed by atoms with Crippen LogP contribution >= 0.6 is 0 Å². The lowest BCUT2D eigenvalue weighted by Gasteiger charge is -2.16. The average molecular weight is 452 g/mol. The van der Waals surface area contributed by atoms with Gasteiger partial charge in [-0.05, 0) is 30.2 Å². The maximum atomic E-state index is 12.3. The van der Waals surface area contributed by atoms with Crippen LogP contribution in [0.2, 0.25) is 0 Å². The number of carboxylic acids is 1. The number of aromatic nitrogens is 1. The Morgan fingerprint density at radius 2 is 1.73 bits per heavy atom. The van der Waals surface area contributed by atoms with E-state index in [2.05, 4.69) is 21.1 Å². The van der Waals surface area contributed by atoms with E-state index in [1.165, 1.54) is 13.2 Å². The normalized spacial score (nSPS) is 11.5. The topological polar surface area (TPSA) is 143 Å². The molecule has 3 aromatic rings. The smallest absolute Gasteiger partial charge is 0.326 e. The molecule has 0 aliphatic carbocycles. The third-order valence-electron chi connectivity index (χ3n) is 4.75. The molecule has 10 heteroatoms. The molecule has 10 nitrogen and oxygen atoms in total. The molecule has 0 unspecified atom stereocenters. The minimum absolute atomic E-state index is 0.102. The molecule has 0 aliphatic rings. The van der Waals surface area contributed by atoms with Gasteiger partial charge in [0.25, 0.3) is 5.91 Å². The minimum Gasteiger partial charge on any atom is -0.495 e. The van der Waals surface area contributed by atoms with Crippen LogP contribution in [0.4, 0.5) is 16.2 Å². The zero-order valence-corrected chi connectivity index (χ0v) is 18.3. The third kappa shape index (κ3) is 5.88. The monoisotopic (exact) mass is 452 g/mol. The van der Waals surface area contributed by atoms with Crippen molar-refractivity contribution in [2.24, 2.45) is 5.92 Å². The summed E-state index contributed by atoms with van der Waals surface area (Å²) < 4.78 is 10.3. The summed E-state index contributed by atoms with van der Waals surface area (Å²) >= 11 is 0. The molecular formula is C23H24N4O6. The number of hydrogen-bond donors (Lipinski definition) is 4. The Morgan fingerprint density at radius 1 is 1.03 bits per heavy atom. The summed E-state index contributed by atoms with van der Waals surface area (Å²) in [5.41, 5.74) is 2.10. The van der Waals surface area contributed by atoms with Crippen molar-refractivity contribution in [3.8, 4) is 17.0 Å². The number of amides is 3. The number of hydrogen-bond acceptors (Lipinski definition) is 6. The Hall–Kier alpha value is -4.34. The lowest BCUT2D eigenvalue weighted by molar-refractivity contribution is -0.140. The second-order valence-electron chi connectivity index (χ2n) is 7.47. The lowest BCUT2D eigenvalue weighted by atomic mass is 10.0. The van der Waals surface area contributed by atoms with Crippen molar-refractivity contribution in [1.82, 2.24) is 10.5 Å². The van der Waals surface area contributed by atoms with Gasteiger partial charge in [-0.15, -0.1) is 0 Å². The van der Waals surface area contributed by atoms with Gasteiger partial charge in [-0.1, -0.05) is 43.3 Å². The Labute approximate surface area is 189 Å². The summed E-state index contributed by atoms with van der Waals surface area (Å²) in [6, 6.07) is 13.7. The number of ether oxygens (including phenoxy) is 1. The van der Waals surface area contributed by atoms with Gasteiger partial charge in [-0.3, -0.25) is 4.79 Å². The number of nitrogens with one attached hydrogen (secondary N) is 3. The molecule has 0 fully saturated rings. The largest absolute Gasteiger partial charge is 0.495 e. The van der Waals surface area contributed by atoms with E-state index in [4.69, 9.17) is 9.26 Å². The van der Waals surface area contributed by atoms with Crippen molar-refractivity contribution in [3.63, 3.8) is 0 Å². The highest BCUT2D eigenvalue weighted by molar-refractivity contribution is 6.00. The van der Waals surface area contributed by atoms with Crippen molar-refractivity contribution >= 4 is 29.3 Å². The zero-order valence-electron chi connectivity index (χ0n) is 18.3. The van der Waals surface area contributed by atoms with Crippen molar-refractivity contribution in [3.05, 3.63) is 60.4 Å². The quantitative estimate of drug-likeness (QED) is 0.407. The molecule has 172 valence electrons. The molecule has 0 radical (unpaired) electrons. The van der Waals surface area contributed by atoms with E-state index in [-0.39, 0.29) is 11.7 Å². The standard InChI is InChI=1S/C23H24N4O6/c1-13(2)20(22(29)30)26-21(28)19-12-17(27-33-19)14-8-10-15(11-9-14)24-23(31)25-16-6-4-5-7-18(16)32-3/h4-13,20H,1-3H3,(H,26,28)(H,29,30)(H2,24,25,31)/t20-/m0/s1. The first-order valence-corrected chi connectivity index (χ1v) is 10.1. The second-order valence-corrected chi connectivity index (χ2v) is 7.47. The maximum Gasteiger partial charge on any atom is 0.326 e. The maximum absolute atomic E-state index is 12.3. The first kappa shape index (κ1) is 23.3. The van der Waals surface area contributed by atoms with Crippen LogP contribution in [-0.2, 0) is 4.79 Å². The molecule has 2 aromatic carbocycles. The van der Waals surface area contributed by atoms with Gasteiger partial charge in [0.2, 0.25) is 5.76 Å². The highest BCUT2D eigenvalue weighted by Gasteiger charge is 2.25. The molecule has 4 N–H and O–H groups in total. The summed E-state index contributed by atoms with van der Waals surface area (Å²) in [5, 5.41) is 20.9. The van der Waals surface area contributed by atoms with E-state index in [0.29, 0.717) is 28.4 Å². The summed E-state index contributed by atoms with van der Waals surface area (Å²) in [6.45, 7) is 3.38. The van der Waals surface area contributed by atoms with Crippen molar-refractivity contribution in [1.29, 1.82) is 0 Å². The SMILES string of the molecule is COc1ccccc1NC(=O)Nc1ccc(-c2cc(C(=O)N[C@H](C(=O)O)C(C)C)on2)cc1. The van der Waals surface area contributed by atoms with Crippen LogP contribution < -0.4 is 20.7 Å². The summed E-state index contributed by atoms with van der Waals surface area (Å²) in [7, 11) is 1.52. The lowest BCUT2D eigenvalue weighted by Crippen LogP contribution is -2.44. The van der Waals surface area contributed by atoms with E-state index in [0.717, 1.165) is 0 Å². The average Bonchev–Trinajstić information content (AvgIpc) is 3.28. The van der Waals surface area contributed by atoms with Gasteiger partial charge in [-0.25, -0.2) is 9.59 Å². The minimum atomic E-state index is -1.13. The molecule has 0 bridgehead atoms. The van der Waals surface area contributed by atoms with Crippen LogP contribution in [0.25, 0.3) is 11.3 Å². The second kappa shape index (κ2) is 10.3. The number of rotatable bonds is 8. The molecule has 0 spiro atoms. The molecule has 0 saturated carbocycles. The van der Waals surface area contributed by atoms with E-state index in [1.54, 1.807) is 62.4 Å². The van der Waals surface area contributed by atoms with Crippen molar-refractivity contribution in [2.75, 3.05) is 17.7 Å². The molecular weight excluding hydrogens is 428 g/mol. The predicted octanol–water partition coefficient (Wildman–Crippen LogP) is 3.83. The Morgan fingerprint density at radius 3 is 2.36 bits per heavy atom. The van der Waals surface area contributed by atoms with E-state index in [1.807, 2.05) is 0 Å². The van der Waals surface area contributed by atoms with Gasteiger partial charge < -0.3 is 30.3 Å². The number of aliphatic carboxylic acids is 1. The number of benzene rings is 2. The fourth-order valence-corrected chi connectivity index (χ4v) is 3.00. The fraction of sp³-hybridized carbons (Fsp3) is 0.217. The van der Waals surface area contributed by atoms with Crippen LogP contribution in [0.5, 0.6) is 5.75 Å². The van der Waals surface area contributed by atoms with Gasteiger partial charge in [0.15, 0.2) is 0 Å². The van der Waals surface area contributed by atoms with Crippen molar-refractivity contribution in [2.45, 2.75) is 19.9 Å². The summed E-state index contributed by atoms with van der Waals surface area (Å²) in [6.07, 6.45) is 0. The van der Waals surface area contributed by atoms with Crippen LogP contribution in [0.15, 0.2) is 59.1 Å². The van der Waals surface area contributed by atoms with Crippen LogP contribution in [0.1, 0.15) is 24.4 Å². The Kier molecular flexibility index (Phi) is 7.29. The zero-order chi connectivity index (χ0) is 24.0. The number of methoxy groups -OCH3 is 1. The van der Waals surface area contributed by atoms with Gasteiger partial charge in [0.05, 0.1) is 12.8 Å². The highest BCUT2D eigenvalue weighted by Crippen LogP contribution is 2.24. The molecule has 0 aliphatic heterocycles. The van der Waals surface area contributed by atoms with E-state index in [9.17, 15) is 19.5 Å². The number of nitrogens with zero attached hydrogens (tertiary/aromatic N) is 1. The number of carbonyl (C=O) groups is 3. The molecule has 3 amide bonds.